The molecule has 0 unspecified atom stereocenters. The van der Waals surface area contributed by atoms with Crippen LogP contribution in [0.25, 0.3) is 11.1 Å². The van der Waals surface area contributed by atoms with Crippen molar-refractivity contribution in [1.29, 1.82) is 0 Å². The van der Waals surface area contributed by atoms with Gasteiger partial charge in [0.25, 0.3) is 0 Å². The normalized spacial score (nSPS) is 11.2. The molecule has 1 N–H and O–H groups in total. The number of rotatable bonds is 47. The van der Waals surface area contributed by atoms with E-state index in [1.165, 1.54) is 0 Å². The largest absolute Gasteiger partial charge is 0.486 e. The van der Waals surface area contributed by atoms with Crippen molar-refractivity contribution >= 4 is 17.7 Å². The highest BCUT2D eigenvalue weighted by Gasteiger charge is 2.10. The molecule has 0 aliphatic carbocycles. The number of hydrogen-bond acceptors (Lipinski definition) is 17. The van der Waals surface area contributed by atoms with E-state index in [0.717, 1.165) is 16.7 Å². The Morgan fingerprint density at radius 3 is 1.24 bits per heavy atom. The lowest BCUT2D eigenvalue weighted by Gasteiger charge is -2.09. The van der Waals surface area contributed by atoms with Crippen molar-refractivity contribution in [2.75, 3.05) is 165 Å². The molecule has 0 aliphatic heterocycles. The average molecular weight is 961 g/mol. The molecule has 380 valence electrons. The van der Waals surface area contributed by atoms with Crippen molar-refractivity contribution in [1.82, 2.24) is 0 Å². The van der Waals surface area contributed by atoms with Gasteiger partial charge in [-0.3, -0.25) is 9.59 Å². The van der Waals surface area contributed by atoms with Gasteiger partial charge in [0.2, 0.25) is 0 Å². The van der Waals surface area contributed by atoms with Crippen LogP contribution in [0.1, 0.15) is 35.2 Å². The smallest absolute Gasteiger partial charge is 0.338 e. The molecule has 0 aliphatic rings. The van der Waals surface area contributed by atoms with E-state index in [1.54, 1.807) is 12.1 Å². The molecule has 0 saturated carbocycles. The minimum Gasteiger partial charge on any atom is -0.486 e. The molecule has 3 aromatic carbocycles. The van der Waals surface area contributed by atoms with Crippen LogP contribution in [0.15, 0.2) is 78.9 Å². The number of ether oxygens (including phenoxy) is 14. The summed E-state index contributed by atoms with van der Waals surface area (Å²) in [5, 5.41) is 8.52. The maximum absolute atomic E-state index is 12.6. The van der Waals surface area contributed by atoms with Gasteiger partial charge in [-0.05, 0) is 47.4 Å². The lowest BCUT2D eigenvalue weighted by atomic mass is 10.0. The molecule has 3 aromatic rings. The van der Waals surface area contributed by atoms with Gasteiger partial charge >= 0.3 is 11.9 Å². The minimum atomic E-state index is -0.881. The van der Waals surface area contributed by atoms with Gasteiger partial charge in [0.1, 0.15) is 19.0 Å². The number of esters is 1. The number of Topliss-reactive ketones (excluding diaryl/α,β-unsaturated/α-hetero) is 1. The summed E-state index contributed by atoms with van der Waals surface area (Å²) in [6, 6.07) is 24.2. The fourth-order valence-electron chi connectivity index (χ4n) is 5.66. The predicted molar refractivity (Wildman–Crippen MR) is 249 cm³/mol. The van der Waals surface area contributed by atoms with Gasteiger partial charge in [0, 0.05) is 13.0 Å². The zero-order valence-corrected chi connectivity index (χ0v) is 39.4. The van der Waals surface area contributed by atoms with E-state index in [0.29, 0.717) is 176 Å². The molecule has 68 heavy (non-hydrogen) atoms. The first-order valence-corrected chi connectivity index (χ1v) is 23.2. The van der Waals surface area contributed by atoms with Gasteiger partial charge in [0.15, 0.2) is 5.78 Å². The third-order valence-electron chi connectivity index (χ3n) is 9.20. The van der Waals surface area contributed by atoms with E-state index >= 15 is 0 Å². The summed E-state index contributed by atoms with van der Waals surface area (Å²) in [4.78, 5) is 35.3. The number of aliphatic carboxylic acids is 1. The Kier molecular flexibility index (Phi) is 35.4. The molecule has 0 radical (unpaired) electrons. The third-order valence-corrected chi connectivity index (χ3v) is 9.20. The van der Waals surface area contributed by atoms with Gasteiger partial charge in [0.05, 0.1) is 164 Å². The van der Waals surface area contributed by atoms with Crippen LogP contribution in [0.4, 0.5) is 0 Å². The standard InChI is InChI=1S/C50H72O18/c51-47(42-67-48-13-11-44(12-14-48)45-8-4-9-46(40-45)50(54)68-41-43-6-2-1-3-7-43)10-5-16-55-18-20-57-22-24-59-26-28-61-30-32-63-34-36-65-38-39-66-37-35-64-33-31-62-29-27-60-25-23-58-21-19-56-17-15-49(52)53/h1-4,6-9,11-14,40H,5,10,15-39,41-42H2,(H,52,53). The first-order chi connectivity index (χ1) is 33.5. The summed E-state index contributed by atoms with van der Waals surface area (Å²) in [6.07, 6.45) is 0.941. The summed E-state index contributed by atoms with van der Waals surface area (Å²) in [5.41, 5.74) is 3.18. The summed E-state index contributed by atoms with van der Waals surface area (Å²) in [7, 11) is 0. The van der Waals surface area contributed by atoms with Crippen molar-refractivity contribution in [2.45, 2.75) is 25.9 Å². The second-order valence-corrected chi connectivity index (χ2v) is 14.6. The molecule has 0 saturated heterocycles. The summed E-state index contributed by atoms with van der Waals surface area (Å²) in [5.74, 6) is -0.688. The molecule has 18 nitrogen and oxygen atoms in total. The van der Waals surface area contributed by atoms with E-state index in [9.17, 15) is 14.4 Å². The molecule has 0 amide bonds. The first kappa shape index (κ1) is 57.9. The highest BCUT2D eigenvalue weighted by molar-refractivity contribution is 5.91. The Bertz CT molecular complexity index is 1680. The van der Waals surface area contributed by atoms with E-state index in [4.69, 9.17) is 71.4 Å². The summed E-state index contributed by atoms with van der Waals surface area (Å²) in [6.45, 7) is 10.8. The zero-order valence-electron chi connectivity index (χ0n) is 39.4. The van der Waals surface area contributed by atoms with Gasteiger partial charge in [-0.1, -0.05) is 54.6 Å². The molecule has 0 heterocycles. The Morgan fingerprint density at radius 1 is 0.397 bits per heavy atom. The van der Waals surface area contributed by atoms with Crippen molar-refractivity contribution < 1.29 is 85.8 Å². The fourth-order valence-corrected chi connectivity index (χ4v) is 5.66. The predicted octanol–water partition coefficient (Wildman–Crippen LogP) is 5.11. The van der Waals surface area contributed by atoms with Crippen molar-refractivity contribution in [2.24, 2.45) is 0 Å². The maximum Gasteiger partial charge on any atom is 0.338 e. The van der Waals surface area contributed by atoms with Crippen LogP contribution in [-0.2, 0) is 77.8 Å². The van der Waals surface area contributed by atoms with Crippen LogP contribution in [-0.4, -0.2) is 188 Å². The lowest BCUT2D eigenvalue weighted by Crippen LogP contribution is -2.15. The van der Waals surface area contributed by atoms with Crippen LogP contribution < -0.4 is 4.74 Å². The van der Waals surface area contributed by atoms with Gasteiger partial charge in [-0.15, -0.1) is 0 Å². The number of benzene rings is 3. The molecule has 0 spiro atoms. The topological polar surface area (TPSA) is 201 Å². The summed E-state index contributed by atoms with van der Waals surface area (Å²) < 4.78 is 76.6. The first-order valence-electron chi connectivity index (χ1n) is 23.2. The molecular weight excluding hydrogens is 889 g/mol. The van der Waals surface area contributed by atoms with Crippen LogP contribution in [0.5, 0.6) is 5.75 Å². The monoisotopic (exact) mass is 960 g/mol. The molecule has 0 fully saturated rings. The Balaban J connectivity index is 0.969. The molecular formula is C50H72O18. The highest BCUT2D eigenvalue weighted by Crippen LogP contribution is 2.24. The lowest BCUT2D eigenvalue weighted by molar-refractivity contribution is -0.138. The van der Waals surface area contributed by atoms with E-state index in [1.807, 2.05) is 66.7 Å². The SMILES string of the molecule is O=C(O)CCOCCOCCOCCOCCOCCOCCOCCOCCOCCOCCOCCOCCCC(=O)COc1ccc(-c2cccc(C(=O)OCc3ccccc3)c2)cc1. The number of ketones is 1. The number of carboxylic acids is 1. The Labute approximate surface area is 400 Å². The van der Waals surface area contributed by atoms with Crippen molar-refractivity contribution in [3.8, 4) is 16.9 Å². The number of carbonyl (C=O) groups excluding carboxylic acids is 2. The second kappa shape index (κ2) is 41.6. The van der Waals surface area contributed by atoms with Crippen molar-refractivity contribution in [3.05, 3.63) is 90.0 Å². The van der Waals surface area contributed by atoms with Crippen molar-refractivity contribution in [3.63, 3.8) is 0 Å². The molecule has 0 aromatic heterocycles. The molecule has 0 bridgehead atoms. The van der Waals surface area contributed by atoms with Gasteiger partial charge in [-0.25, -0.2) is 4.79 Å². The third kappa shape index (κ3) is 32.4. The van der Waals surface area contributed by atoms with E-state index in [-0.39, 0.29) is 38.0 Å². The summed E-state index contributed by atoms with van der Waals surface area (Å²) >= 11 is 0. The van der Waals surface area contributed by atoms with Crippen LogP contribution >= 0.6 is 0 Å². The highest BCUT2D eigenvalue weighted by atomic mass is 16.6. The quantitative estimate of drug-likeness (QED) is 0.0578. The van der Waals surface area contributed by atoms with Crippen LogP contribution in [0.3, 0.4) is 0 Å². The van der Waals surface area contributed by atoms with Gasteiger partial charge in [-0.2, -0.15) is 0 Å². The van der Waals surface area contributed by atoms with Crippen LogP contribution in [0.2, 0.25) is 0 Å². The zero-order chi connectivity index (χ0) is 48.2. The molecule has 18 heteroatoms. The van der Waals surface area contributed by atoms with Gasteiger partial charge < -0.3 is 71.4 Å². The number of carbonyl (C=O) groups is 3. The minimum absolute atomic E-state index is 0.00981. The van der Waals surface area contributed by atoms with E-state index in [2.05, 4.69) is 0 Å². The average Bonchev–Trinajstić information content (AvgIpc) is 3.36. The number of hydrogen-bond donors (Lipinski definition) is 1. The second-order valence-electron chi connectivity index (χ2n) is 14.6. The molecule has 3 rings (SSSR count). The maximum atomic E-state index is 12.6. The fraction of sp³-hybridized carbons (Fsp3) is 0.580. The Morgan fingerprint density at radius 2 is 0.809 bits per heavy atom. The molecule has 0 atom stereocenters. The van der Waals surface area contributed by atoms with Crippen LogP contribution in [0, 0.1) is 0 Å². The van der Waals surface area contributed by atoms with E-state index < -0.39 is 5.97 Å². The number of carboxylic acid groups (broad SMARTS) is 1. The Hall–Kier alpha value is -4.41.